The van der Waals surface area contributed by atoms with E-state index in [4.69, 9.17) is 0 Å². The Kier molecular flexibility index (Phi) is 4.71. The Bertz CT molecular complexity index is 256. The van der Waals surface area contributed by atoms with Gasteiger partial charge in [0.05, 0.1) is 0 Å². The van der Waals surface area contributed by atoms with Gasteiger partial charge < -0.3 is 5.32 Å². The van der Waals surface area contributed by atoms with Crippen LogP contribution >= 0.6 is 0 Å². The second kappa shape index (κ2) is 5.92. The first-order chi connectivity index (χ1) is 8.51. The zero-order valence-corrected chi connectivity index (χ0v) is 12.8. The summed E-state index contributed by atoms with van der Waals surface area (Å²) in [5.74, 6) is 1.02. The van der Waals surface area contributed by atoms with E-state index in [0.29, 0.717) is 0 Å². The zero-order chi connectivity index (χ0) is 13.2. The summed E-state index contributed by atoms with van der Waals surface area (Å²) >= 11 is 0. The molecule has 2 nitrogen and oxygen atoms in total. The van der Waals surface area contributed by atoms with Crippen molar-refractivity contribution in [3.8, 4) is 0 Å². The third-order valence-electron chi connectivity index (χ3n) is 4.86. The van der Waals surface area contributed by atoms with Crippen LogP contribution in [0.3, 0.4) is 0 Å². The molecule has 0 bridgehead atoms. The van der Waals surface area contributed by atoms with Crippen molar-refractivity contribution in [2.45, 2.75) is 83.8 Å². The highest BCUT2D eigenvalue weighted by Gasteiger charge is 2.38. The van der Waals surface area contributed by atoms with Crippen LogP contribution < -0.4 is 5.32 Å². The third kappa shape index (κ3) is 3.48. The minimum absolute atomic E-state index is 0.249. The summed E-state index contributed by atoms with van der Waals surface area (Å²) in [7, 11) is 0. The van der Waals surface area contributed by atoms with Crippen molar-refractivity contribution in [1.29, 1.82) is 0 Å². The number of rotatable bonds is 4. The monoisotopic (exact) mass is 252 g/mol. The lowest BCUT2D eigenvalue weighted by molar-refractivity contribution is 0.122. The van der Waals surface area contributed by atoms with Crippen molar-refractivity contribution >= 4 is 0 Å². The predicted molar refractivity (Wildman–Crippen MR) is 78.9 cm³/mol. The number of likely N-dealkylation sites (tertiary alicyclic amines) is 1. The molecule has 0 spiro atoms. The van der Waals surface area contributed by atoms with E-state index in [-0.39, 0.29) is 5.54 Å². The van der Waals surface area contributed by atoms with E-state index in [1.165, 1.54) is 45.1 Å². The van der Waals surface area contributed by atoms with E-state index < -0.39 is 0 Å². The third-order valence-corrected chi connectivity index (χ3v) is 4.86. The maximum absolute atomic E-state index is 3.70. The van der Waals surface area contributed by atoms with Crippen LogP contribution in [-0.2, 0) is 0 Å². The number of nitrogens with one attached hydrogen (secondary N) is 1. The summed E-state index contributed by atoms with van der Waals surface area (Å²) in [6.07, 6.45) is 8.62. The molecule has 1 N–H and O–H groups in total. The van der Waals surface area contributed by atoms with Crippen LogP contribution in [0.2, 0.25) is 0 Å². The standard InChI is InChI=1S/C16H32N2/c1-5-14(12-17-16(2,3)4)18-11-10-13-8-6-7-9-15(13)18/h13-15,17H,5-12H2,1-4H3. The molecule has 0 aromatic rings. The summed E-state index contributed by atoms with van der Waals surface area (Å²) in [6.45, 7) is 11.7. The maximum Gasteiger partial charge on any atom is 0.0221 e. The molecule has 1 aliphatic carbocycles. The van der Waals surface area contributed by atoms with Crippen LogP contribution in [0, 0.1) is 5.92 Å². The molecule has 1 saturated carbocycles. The van der Waals surface area contributed by atoms with E-state index in [0.717, 1.165) is 24.5 Å². The van der Waals surface area contributed by atoms with E-state index in [1.54, 1.807) is 0 Å². The highest BCUT2D eigenvalue weighted by molar-refractivity contribution is 4.93. The van der Waals surface area contributed by atoms with Gasteiger partial charge in [0.2, 0.25) is 0 Å². The molecule has 2 aliphatic rings. The molecule has 3 unspecified atom stereocenters. The van der Waals surface area contributed by atoms with E-state index >= 15 is 0 Å². The van der Waals surface area contributed by atoms with Crippen LogP contribution in [0.5, 0.6) is 0 Å². The molecule has 1 saturated heterocycles. The first kappa shape index (κ1) is 14.3. The van der Waals surface area contributed by atoms with E-state index in [2.05, 4.69) is 37.9 Å². The first-order valence-corrected chi connectivity index (χ1v) is 8.02. The van der Waals surface area contributed by atoms with Gasteiger partial charge in [-0.05, 0) is 58.9 Å². The first-order valence-electron chi connectivity index (χ1n) is 8.02. The van der Waals surface area contributed by atoms with Gasteiger partial charge in [-0.15, -0.1) is 0 Å². The van der Waals surface area contributed by atoms with Gasteiger partial charge in [0.1, 0.15) is 0 Å². The second-order valence-electron chi connectivity index (χ2n) is 7.33. The minimum Gasteiger partial charge on any atom is -0.311 e. The number of hydrogen-bond acceptors (Lipinski definition) is 2. The van der Waals surface area contributed by atoms with Crippen LogP contribution in [-0.4, -0.2) is 35.6 Å². The molecule has 0 aromatic heterocycles. The lowest BCUT2D eigenvalue weighted by Gasteiger charge is -2.38. The molecule has 1 aliphatic heterocycles. The van der Waals surface area contributed by atoms with Crippen molar-refractivity contribution in [3.63, 3.8) is 0 Å². The largest absolute Gasteiger partial charge is 0.311 e. The van der Waals surface area contributed by atoms with Gasteiger partial charge in [0.25, 0.3) is 0 Å². The average molecular weight is 252 g/mol. The molecule has 0 aromatic carbocycles. The summed E-state index contributed by atoms with van der Waals surface area (Å²) in [5.41, 5.74) is 0.249. The predicted octanol–water partition coefficient (Wildman–Crippen LogP) is 3.42. The normalized spacial score (nSPS) is 31.3. The van der Waals surface area contributed by atoms with Gasteiger partial charge >= 0.3 is 0 Å². The fourth-order valence-corrected chi connectivity index (χ4v) is 3.82. The van der Waals surface area contributed by atoms with Gasteiger partial charge in [0.15, 0.2) is 0 Å². The Hall–Kier alpha value is -0.0800. The molecular weight excluding hydrogens is 220 g/mol. The number of hydrogen-bond donors (Lipinski definition) is 1. The zero-order valence-electron chi connectivity index (χ0n) is 12.8. The van der Waals surface area contributed by atoms with E-state index in [9.17, 15) is 0 Å². The van der Waals surface area contributed by atoms with Crippen LogP contribution in [0.15, 0.2) is 0 Å². The molecule has 1 heterocycles. The lowest BCUT2D eigenvalue weighted by atomic mass is 9.85. The van der Waals surface area contributed by atoms with Crippen molar-refractivity contribution in [1.82, 2.24) is 10.2 Å². The van der Waals surface area contributed by atoms with Gasteiger partial charge in [-0.25, -0.2) is 0 Å². The quantitative estimate of drug-likeness (QED) is 0.825. The Morgan fingerprint density at radius 2 is 1.89 bits per heavy atom. The number of fused-ring (bicyclic) bond motifs is 1. The molecule has 2 rings (SSSR count). The average Bonchev–Trinajstić information content (AvgIpc) is 2.73. The molecule has 18 heavy (non-hydrogen) atoms. The Labute approximate surface area is 114 Å². The Morgan fingerprint density at radius 1 is 1.17 bits per heavy atom. The molecular formula is C16H32N2. The van der Waals surface area contributed by atoms with Crippen LogP contribution in [0.1, 0.15) is 66.2 Å². The van der Waals surface area contributed by atoms with Gasteiger partial charge in [0, 0.05) is 24.2 Å². The van der Waals surface area contributed by atoms with Crippen molar-refractivity contribution in [3.05, 3.63) is 0 Å². The van der Waals surface area contributed by atoms with E-state index in [1.807, 2.05) is 0 Å². The van der Waals surface area contributed by atoms with Gasteiger partial charge in [-0.3, -0.25) is 4.90 Å². The molecule has 0 amide bonds. The summed E-state index contributed by atoms with van der Waals surface area (Å²) in [4.78, 5) is 2.84. The summed E-state index contributed by atoms with van der Waals surface area (Å²) < 4.78 is 0. The van der Waals surface area contributed by atoms with Crippen molar-refractivity contribution in [2.75, 3.05) is 13.1 Å². The SMILES string of the molecule is CCC(CNC(C)(C)C)N1CCC2CCCCC21. The highest BCUT2D eigenvalue weighted by Crippen LogP contribution is 2.37. The Balaban J connectivity index is 1.91. The second-order valence-corrected chi connectivity index (χ2v) is 7.33. The maximum atomic E-state index is 3.70. The van der Waals surface area contributed by atoms with Gasteiger partial charge in [-0.1, -0.05) is 19.8 Å². The van der Waals surface area contributed by atoms with Gasteiger partial charge in [-0.2, -0.15) is 0 Å². The molecule has 0 radical (unpaired) electrons. The molecule has 2 fully saturated rings. The summed E-state index contributed by atoms with van der Waals surface area (Å²) in [5, 5.41) is 3.70. The smallest absolute Gasteiger partial charge is 0.0221 e. The molecule has 2 heteroatoms. The minimum atomic E-state index is 0.249. The van der Waals surface area contributed by atoms with Crippen molar-refractivity contribution in [2.24, 2.45) is 5.92 Å². The molecule has 106 valence electrons. The number of nitrogens with zero attached hydrogens (tertiary/aromatic N) is 1. The summed E-state index contributed by atoms with van der Waals surface area (Å²) in [6, 6.07) is 1.66. The lowest BCUT2D eigenvalue weighted by Crippen LogP contribution is -2.50. The topological polar surface area (TPSA) is 15.3 Å². The fourth-order valence-electron chi connectivity index (χ4n) is 3.82. The van der Waals surface area contributed by atoms with Crippen molar-refractivity contribution < 1.29 is 0 Å². The van der Waals surface area contributed by atoms with Crippen LogP contribution in [0.4, 0.5) is 0 Å². The molecule has 3 atom stereocenters. The van der Waals surface area contributed by atoms with Crippen LogP contribution in [0.25, 0.3) is 0 Å². The highest BCUT2D eigenvalue weighted by atomic mass is 15.2. The fraction of sp³-hybridized carbons (Fsp3) is 1.00. The Morgan fingerprint density at radius 3 is 2.56 bits per heavy atom.